The first-order chi connectivity index (χ1) is 23.6. The topological polar surface area (TPSA) is 0 Å². The van der Waals surface area contributed by atoms with Crippen molar-refractivity contribution in [1.29, 1.82) is 0 Å². The molecule has 2 aliphatic rings. The van der Waals surface area contributed by atoms with Crippen LogP contribution in [0.5, 0.6) is 0 Å². The summed E-state index contributed by atoms with van der Waals surface area (Å²) in [6, 6.07) is 45.8. The Bertz CT molecular complexity index is 2020. The van der Waals surface area contributed by atoms with Gasteiger partial charge >= 0.3 is 279 Å². The average Bonchev–Trinajstić information content (AvgIpc) is 3.71. The van der Waals surface area contributed by atoms with Crippen LogP contribution in [0, 0.1) is 0 Å². The van der Waals surface area contributed by atoms with Gasteiger partial charge in [-0.1, -0.05) is 20.3 Å². The van der Waals surface area contributed by atoms with Gasteiger partial charge in [0.25, 0.3) is 0 Å². The Morgan fingerprint density at radius 2 is 0.840 bits per heavy atom. The number of rotatable bonds is 7. The van der Waals surface area contributed by atoms with E-state index in [1.807, 2.05) is 0 Å². The molecule has 0 amide bonds. The molecule has 0 heterocycles. The van der Waals surface area contributed by atoms with Crippen molar-refractivity contribution in [2.24, 2.45) is 0 Å². The summed E-state index contributed by atoms with van der Waals surface area (Å²) in [4.78, 5) is 0. The van der Waals surface area contributed by atoms with E-state index in [0.29, 0.717) is 7.25 Å². The van der Waals surface area contributed by atoms with Gasteiger partial charge in [0, 0.05) is 0 Å². The van der Waals surface area contributed by atoms with E-state index in [-0.39, 0.29) is 31.5 Å². The zero-order valence-corrected chi connectivity index (χ0v) is 35.3. The van der Waals surface area contributed by atoms with E-state index in [2.05, 4.69) is 168 Å². The van der Waals surface area contributed by atoms with Gasteiger partial charge in [-0.15, -0.1) is 0 Å². The number of fused-ring (bicyclic) bond motifs is 4. The normalized spacial score (nSPS) is 15.8. The first kappa shape index (κ1) is 38.2. The monoisotopic (exact) mass is 787 g/mol. The van der Waals surface area contributed by atoms with Crippen LogP contribution in [0.15, 0.2) is 132 Å². The smallest absolute Gasteiger partial charge is 1.00 e. The zero-order valence-electron chi connectivity index (χ0n) is 29.9. The van der Waals surface area contributed by atoms with Crippen LogP contribution in [0.4, 0.5) is 0 Å². The first-order valence-corrected chi connectivity index (χ1v) is 28.3. The molecule has 0 spiro atoms. The quantitative estimate of drug-likeness (QED) is 0.155. The third-order valence-electron chi connectivity index (χ3n) is 10.4. The molecule has 6 aromatic rings. The van der Waals surface area contributed by atoms with Gasteiger partial charge < -0.3 is 24.8 Å². The molecule has 2 unspecified atom stereocenters. The van der Waals surface area contributed by atoms with Crippen LogP contribution in [0.25, 0.3) is 56.0 Å². The van der Waals surface area contributed by atoms with E-state index < -0.39 is 20.9 Å². The molecule has 0 fully saturated rings. The Hall–Kier alpha value is -3.00. The minimum absolute atomic E-state index is 0. The molecule has 0 aliphatic heterocycles. The maximum absolute atomic E-state index is 2.65. The van der Waals surface area contributed by atoms with Crippen LogP contribution in [0.3, 0.4) is 0 Å². The molecule has 2 atom stereocenters. The second-order valence-corrected chi connectivity index (χ2v) is 29.7. The van der Waals surface area contributed by atoms with E-state index in [1.165, 1.54) is 61.3 Å². The van der Waals surface area contributed by atoms with Gasteiger partial charge in [-0.2, -0.15) is 0 Å². The minimum Gasteiger partial charge on any atom is -1.00 e. The van der Waals surface area contributed by atoms with Crippen molar-refractivity contribution in [3.05, 3.63) is 155 Å². The van der Waals surface area contributed by atoms with Crippen LogP contribution in [0.1, 0.15) is 76.5 Å². The van der Waals surface area contributed by atoms with Crippen LogP contribution in [0.2, 0.25) is 6.55 Å². The molecule has 0 N–H and O–H groups in total. The fourth-order valence-electron chi connectivity index (χ4n) is 8.38. The predicted molar refractivity (Wildman–Crippen MR) is 211 cm³/mol. The van der Waals surface area contributed by atoms with Gasteiger partial charge in [-0.25, -0.2) is 0 Å². The van der Waals surface area contributed by atoms with Crippen LogP contribution < -0.4 is 24.8 Å². The van der Waals surface area contributed by atoms with Crippen LogP contribution in [-0.2, 0) is 20.9 Å². The third kappa shape index (κ3) is 6.82. The molecule has 0 bridgehead atoms. The van der Waals surface area contributed by atoms with Crippen LogP contribution >= 0.6 is 0 Å². The zero-order chi connectivity index (χ0) is 33.2. The summed E-state index contributed by atoms with van der Waals surface area (Å²) in [5.74, 6) is 0. The predicted octanol–water partition coefficient (Wildman–Crippen LogP) is 6.90. The molecular weight excluding hydrogens is 743 g/mol. The molecule has 0 nitrogen and oxygen atoms in total. The van der Waals surface area contributed by atoms with Gasteiger partial charge in [-0.3, -0.25) is 0 Å². The van der Waals surface area contributed by atoms with Crippen molar-refractivity contribution in [1.82, 2.24) is 0 Å². The Balaban J connectivity index is 0.000000940. The number of allylic oxidation sites excluding steroid dienone is 2. The Kier molecular flexibility index (Phi) is 13.0. The SMILES string of the molecule is CCC.CCC1=Cc2c(-c3cccc4ccccc34)cccc2[CH]1[Zr+2]([SiH2]C)[CH]1C(CC)=Cc2c(-c3cccc4ccccc34)cccc21.[Cl-].[Cl-]. The summed E-state index contributed by atoms with van der Waals surface area (Å²) < 4.78 is 1.34. The molecule has 2 aliphatic carbocycles. The molecule has 0 saturated carbocycles. The molecule has 0 radical (unpaired) electrons. The average molecular weight is 790 g/mol. The molecule has 4 heteroatoms. The summed E-state index contributed by atoms with van der Waals surface area (Å²) >= 11 is -2.06. The first-order valence-electron chi connectivity index (χ1n) is 18.1. The van der Waals surface area contributed by atoms with Gasteiger partial charge in [0.1, 0.15) is 0 Å². The van der Waals surface area contributed by atoms with Gasteiger partial charge in [0.2, 0.25) is 0 Å². The number of benzene rings is 6. The standard InChI is InChI=1S/2C21H17.C3H8.CH5Si.2ClH.Zr/c2*1-2-15-13-17-9-6-12-20(21(17)14-15)19-11-5-8-16-7-3-4-10-18(16)19;1-3-2;1-2;;;/h2*3-14H,2H2,1H3;3H2,1-2H3;2H2,1H3;2*1H;/q;;;;;;+2/p-2. The largest absolute Gasteiger partial charge is 1.00 e. The maximum atomic E-state index is 2.65. The molecule has 0 saturated heterocycles. The summed E-state index contributed by atoms with van der Waals surface area (Å²) in [5, 5.41) is 5.35. The van der Waals surface area contributed by atoms with Gasteiger partial charge in [0.05, 0.1) is 0 Å². The fraction of sp³-hybridized carbons (Fsp3) is 0.217. The third-order valence-corrected chi connectivity index (χ3v) is 29.1. The Morgan fingerprint density at radius 1 is 0.480 bits per heavy atom. The second kappa shape index (κ2) is 17.0. The molecule has 6 aromatic carbocycles. The maximum Gasteiger partial charge on any atom is -1.00 e. The van der Waals surface area contributed by atoms with E-state index >= 15 is 0 Å². The van der Waals surface area contributed by atoms with E-state index in [4.69, 9.17) is 0 Å². The Labute approximate surface area is 321 Å². The number of hydrogen-bond donors (Lipinski definition) is 0. The van der Waals surface area contributed by atoms with E-state index in [9.17, 15) is 0 Å². The number of hydrogen-bond acceptors (Lipinski definition) is 0. The fourth-order valence-corrected chi connectivity index (χ4v) is 28.7. The number of halogens is 2. The summed E-state index contributed by atoms with van der Waals surface area (Å²) in [7, 11) is 0. The molecule has 0 aromatic heterocycles. The Morgan fingerprint density at radius 3 is 1.24 bits per heavy atom. The van der Waals surface area contributed by atoms with Crippen molar-refractivity contribution in [2.45, 2.75) is 60.8 Å². The van der Waals surface area contributed by atoms with Crippen molar-refractivity contribution in [3.8, 4) is 22.3 Å². The summed E-state index contributed by atoms with van der Waals surface area (Å²) in [6.07, 6.45) is 8.79. The van der Waals surface area contributed by atoms with Crippen molar-refractivity contribution in [2.75, 3.05) is 0 Å². The van der Waals surface area contributed by atoms with Crippen molar-refractivity contribution < 1.29 is 45.7 Å². The summed E-state index contributed by atoms with van der Waals surface area (Å²) in [6.45, 7) is 11.5. The van der Waals surface area contributed by atoms with E-state index in [0.717, 1.165) is 12.8 Å². The molecular formula is C46H47Cl2SiZr. The minimum atomic E-state index is -2.06. The second-order valence-electron chi connectivity index (χ2n) is 13.3. The molecule has 253 valence electrons. The molecule has 8 rings (SSSR count). The van der Waals surface area contributed by atoms with Gasteiger partial charge in [-0.05, 0) is 0 Å². The van der Waals surface area contributed by atoms with E-state index in [1.54, 1.807) is 22.3 Å². The van der Waals surface area contributed by atoms with Crippen LogP contribution in [-0.4, -0.2) is 6.65 Å². The molecule has 50 heavy (non-hydrogen) atoms. The van der Waals surface area contributed by atoms with Gasteiger partial charge in [0.15, 0.2) is 0 Å². The summed E-state index contributed by atoms with van der Waals surface area (Å²) in [5.41, 5.74) is 15.2. The van der Waals surface area contributed by atoms with Crippen molar-refractivity contribution >= 4 is 40.3 Å². The van der Waals surface area contributed by atoms with Crippen molar-refractivity contribution in [3.63, 3.8) is 0 Å².